The van der Waals surface area contributed by atoms with Crippen LogP contribution in [-0.4, -0.2) is 34.4 Å². The molecule has 3 heteroatoms. The molecule has 0 aliphatic heterocycles. The number of aliphatic hydroxyl groups excluding tert-OH is 2. The molecule has 0 aliphatic carbocycles. The highest BCUT2D eigenvalue weighted by Gasteiger charge is 1.92. The summed E-state index contributed by atoms with van der Waals surface area (Å²) in [5.74, 6) is 1.45. The Morgan fingerprint density at radius 3 is 2.62 bits per heavy atom. The van der Waals surface area contributed by atoms with Gasteiger partial charge in [0.05, 0.1) is 12.7 Å². The molecular weight excluding hydrogens is 124 g/mol. The molecular formula is C5H12O2S. The van der Waals surface area contributed by atoms with Crippen molar-refractivity contribution >= 4 is 11.8 Å². The lowest BCUT2D eigenvalue weighted by molar-refractivity contribution is 0.220. The molecule has 0 aromatic rings. The number of hydrogen-bond acceptors (Lipinski definition) is 3. The molecule has 0 spiro atoms. The molecule has 0 aromatic heterocycles. The lowest BCUT2D eigenvalue weighted by Crippen LogP contribution is -2.03. The summed E-state index contributed by atoms with van der Waals surface area (Å²) in [6.07, 6.45) is -0.244. The summed E-state index contributed by atoms with van der Waals surface area (Å²) < 4.78 is 0. The standard InChI is InChI=1S/C5H12O2S/c1-5(7)4-8-3-2-6/h5-7H,2-4H2,1H3/t5-/m1/s1. The van der Waals surface area contributed by atoms with Crippen molar-refractivity contribution in [1.29, 1.82) is 0 Å². The van der Waals surface area contributed by atoms with Crippen LogP contribution in [0.25, 0.3) is 0 Å². The predicted octanol–water partition coefficient (Wildman–Crippen LogP) is 0.0927. The highest BCUT2D eigenvalue weighted by Crippen LogP contribution is 1.99. The summed E-state index contributed by atoms with van der Waals surface area (Å²) in [6, 6.07) is 0. The highest BCUT2D eigenvalue weighted by atomic mass is 32.2. The maximum Gasteiger partial charge on any atom is 0.0602 e. The average molecular weight is 136 g/mol. The summed E-state index contributed by atoms with van der Waals surface area (Å²) in [4.78, 5) is 0. The maximum atomic E-state index is 8.68. The molecule has 0 aromatic carbocycles. The van der Waals surface area contributed by atoms with E-state index in [9.17, 15) is 0 Å². The number of rotatable bonds is 4. The summed E-state index contributed by atoms with van der Waals surface area (Å²) in [7, 11) is 0. The molecule has 0 heterocycles. The van der Waals surface area contributed by atoms with E-state index in [1.54, 1.807) is 18.7 Å². The van der Waals surface area contributed by atoms with Gasteiger partial charge in [-0.1, -0.05) is 0 Å². The van der Waals surface area contributed by atoms with E-state index in [0.29, 0.717) is 0 Å². The van der Waals surface area contributed by atoms with Crippen LogP contribution < -0.4 is 0 Å². The second kappa shape index (κ2) is 5.41. The number of aliphatic hydroxyl groups is 2. The van der Waals surface area contributed by atoms with E-state index in [2.05, 4.69) is 0 Å². The average Bonchev–Trinajstić information content (AvgIpc) is 1.66. The van der Waals surface area contributed by atoms with Crippen LogP contribution in [0.3, 0.4) is 0 Å². The van der Waals surface area contributed by atoms with Gasteiger partial charge in [-0.2, -0.15) is 11.8 Å². The second-order valence-corrected chi connectivity index (χ2v) is 2.80. The van der Waals surface area contributed by atoms with Crippen molar-refractivity contribution in [2.75, 3.05) is 18.1 Å². The minimum absolute atomic E-state index is 0.206. The van der Waals surface area contributed by atoms with Gasteiger partial charge < -0.3 is 10.2 Å². The highest BCUT2D eigenvalue weighted by molar-refractivity contribution is 7.99. The maximum absolute atomic E-state index is 8.68. The lowest BCUT2D eigenvalue weighted by atomic mass is 10.5. The van der Waals surface area contributed by atoms with Gasteiger partial charge in [0, 0.05) is 11.5 Å². The minimum atomic E-state index is -0.244. The minimum Gasteiger partial charge on any atom is -0.396 e. The largest absolute Gasteiger partial charge is 0.396 e. The van der Waals surface area contributed by atoms with Gasteiger partial charge in [0.25, 0.3) is 0 Å². The molecule has 0 saturated heterocycles. The predicted molar refractivity (Wildman–Crippen MR) is 36.1 cm³/mol. The van der Waals surface area contributed by atoms with E-state index in [0.717, 1.165) is 11.5 Å². The van der Waals surface area contributed by atoms with Gasteiger partial charge in [0.1, 0.15) is 0 Å². The van der Waals surface area contributed by atoms with E-state index in [1.807, 2.05) is 0 Å². The second-order valence-electron chi connectivity index (χ2n) is 1.65. The fourth-order valence-corrected chi connectivity index (χ4v) is 0.955. The van der Waals surface area contributed by atoms with Crippen molar-refractivity contribution in [3.05, 3.63) is 0 Å². The number of thioether (sulfide) groups is 1. The summed E-state index contributed by atoms with van der Waals surface area (Å²) in [5, 5.41) is 17.0. The first-order valence-corrected chi connectivity index (χ1v) is 3.79. The van der Waals surface area contributed by atoms with Gasteiger partial charge in [0.2, 0.25) is 0 Å². The molecule has 0 aliphatic rings. The SMILES string of the molecule is C[C@@H](O)CSCCO. The smallest absolute Gasteiger partial charge is 0.0602 e. The Morgan fingerprint density at radius 2 is 2.25 bits per heavy atom. The van der Waals surface area contributed by atoms with Crippen LogP contribution in [0.1, 0.15) is 6.92 Å². The molecule has 0 radical (unpaired) electrons. The third kappa shape index (κ3) is 6.27. The van der Waals surface area contributed by atoms with Crippen LogP contribution in [0, 0.1) is 0 Å². The quantitative estimate of drug-likeness (QED) is 0.538. The first-order valence-electron chi connectivity index (χ1n) is 2.64. The Bertz CT molecular complexity index is 47.7. The van der Waals surface area contributed by atoms with E-state index in [-0.39, 0.29) is 12.7 Å². The van der Waals surface area contributed by atoms with Gasteiger partial charge in [-0.05, 0) is 6.92 Å². The summed E-state index contributed by atoms with van der Waals surface area (Å²) in [5.41, 5.74) is 0. The zero-order chi connectivity index (χ0) is 6.41. The van der Waals surface area contributed by atoms with Gasteiger partial charge >= 0.3 is 0 Å². The third-order valence-corrected chi connectivity index (χ3v) is 1.78. The monoisotopic (exact) mass is 136 g/mol. The molecule has 0 saturated carbocycles. The van der Waals surface area contributed by atoms with Crippen molar-refractivity contribution < 1.29 is 10.2 Å². The van der Waals surface area contributed by atoms with Crippen LogP contribution in [0.4, 0.5) is 0 Å². The molecule has 0 fully saturated rings. The molecule has 2 N–H and O–H groups in total. The Labute approximate surface area is 53.9 Å². The van der Waals surface area contributed by atoms with E-state index < -0.39 is 0 Å². The topological polar surface area (TPSA) is 40.5 Å². The third-order valence-electron chi connectivity index (χ3n) is 0.595. The van der Waals surface area contributed by atoms with Gasteiger partial charge in [-0.3, -0.25) is 0 Å². The summed E-state index contributed by atoms with van der Waals surface area (Å²) >= 11 is 1.56. The van der Waals surface area contributed by atoms with E-state index >= 15 is 0 Å². The van der Waals surface area contributed by atoms with Gasteiger partial charge in [-0.25, -0.2) is 0 Å². The van der Waals surface area contributed by atoms with Crippen LogP contribution in [0.5, 0.6) is 0 Å². The van der Waals surface area contributed by atoms with Crippen molar-refractivity contribution in [3.63, 3.8) is 0 Å². The van der Waals surface area contributed by atoms with Crippen molar-refractivity contribution in [3.8, 4) is 0 Å². The molecule has 2 nitrogen and oxygen atoms in total. The first kappa shape index (κ1) is 8.27. The van der Waals surface area contributed by atoms with Crippen molar-refractivity contribution in [2.45, 2.75) is 13.0 Å². The van der Waals surface area contributed by atoms with Crippen LogP contribution in [-0.2, 0) is 0 Å². The van der Waals surface area contributed by atoms with Crippen LogP contribution in [0.15, 0.2) is 0 Å². The fraction of sp³-hybridized carbons (Fsp3) is 1.00. The Balaban J connectivity index is 2.72. The normalized spacial score (nSPS) is 13.9. The molecule has 1 atom stereocenters. The fourth-order valence-electron chi connectivity index (χ4n) is 0.318. The van der Waals surface area contributed by atoms with Crippen LogP contribution >= 0.6 is 11.8 Å². The molecule has 0 bridgehead atoms. The lowest BCUT2D eigenvalue weighted by Gasteiger charge is -1.99. The molecule has 50 valence electrons. The van der Waals surface area contributed by atoms with Gasteiger partial charge in [-0.15, -0.1) is 0 Å². The zero-order valence-corrected chi connectivity index (χ0v) is 5.82. The van der Waals surface area contributed by atoms with Crippen molar-refractivity contribution in [2.24, 2.45) is 0 Å². The molecule has 0 unspecified atom stereocenters. The molecule has 0 rings (SSSR count). The summed E-state index contributed by atoms with van der Waals surface area (Å²) in [6.45, 7) is 1.95. The van der Waals surface area contributed by atoms with Crippen LogP contribution in [0.2, 0.25) is 0 Å². The Morgan fingerprint density at radius 1 is 1.62 bits per heavy atom. The van der Waals surface area contributed by atoms with E-state index in [4.69, 9.17) is 10.2 Å². The molecule has 8 heavy (non-hydrogen) atoms. The van der Waals surface area contributed by atoms with Gasteiger partial charge in [0.15, 0.2) is 0 Å². The zero-order valence-electron chi connectivity index (χ0n) is 5.00. The first-order chi connectivity index (χ1) is 3.77. The van der Waals surface area contributed by atoms with E-state index in [1.165, 1.54) is 0 Å². The van der Waals surface area contributed by atoms with Crippen molar-refractivity contribution in [1.82, 2.24) is 0 Å². The number of hydrogen-bond donors (Lipinski definition) is 2. The molecule has 0 amide bonds. The Hall–Kier alpha value is 0.270. The Kier molecular flexibility index (Phi) is 5.59.